The fraction of sp³-hybridized carbons (Fsp3) is 0.813. The van der Waals surface area contributed by atoms with E-state index < -0.39 is 205 Å². The first kappa shape index (κ1) is 85.2. The van der Waals surface area contributed by atoms with Crippen LogP contribution in [0.5, 0.6) is 0 Å². The molecule has 4 aliphatic carbocycles. The van der Waals surface area contributed by atoms with Crippen LogP contribution < -0.4 is 16.0 Å². The van der Waals surface area contributed by atoms with E-state index in [0.29, 0.717) is 51.4 Å². The Morgan fingerprint density at radius 1 is 0.648 bits per heavy atom. The number of likely N-dealkylation sites (N-methyl/N-ethyl adjacent to an activating group) is 7. The number of hydrogen-bond acceptors (Lipinski definition) is 13. The molecular formula is C75H119F5N12O13. The van der Waals surface area contributed by atoms with Crippen molar-refractivity contribution in [3.8, 4) is 0 Å². The van der Waals surface area contributed by atoms with Gasteiger partial charge in [0.05, 0.1) is 25.6 Å². The van der Waals surface area contributed by atoms with Gasteiger partial charge in [-0.3, -0.25) is 57.5 Å². The third-order valence-corrected chi connectivity index (χ3v) is 23.6. The number of amides is 12. The third kappa shape index (κ3) is 21.0. The zero-order valence-corrected chi connectivity index (χ0v) is 64.2. The number of halogens is 5. The van der Waals surface area contributed by atoms with Gasteiger partial charge in [-0.2, -0.15) is 13.2 Å². The first-order valence-electron chi connectivity index (χ1n) is 38.4. The van der Waals surface area contributed by atoms with Crippen LogP contribution in [0.3, 0.4) is 0 Å². The van der Waals surface area contributed by atoms with E-state index in [2.05, 4.69) is 16.0 Å². The maximum atomic E-state index is 15.7. The van der Waals surface area contributed by atoms with Crippen LogP contribution >= 0.6 is 0 Å². The van der Waals surface area contributed by atoms with Gasteiger partial charge in [-0.15, -0.1) is 0 Å². The monoisotopic (exact) mass is 1490 g/mol. The van der Waals surface area contributed by atoms with Crippen LogP contribution in [0.2, 0.25) is 0 Å². The molecule has 592 valence electrons. The topological polar surface area (TPSA) is 279 Å². The van der Waals surface area contributed by atoms with Gasteiger partial charge in [0.1, 0.15) is 72.1 Å². The number of nitrogens with zero attached hydrogens (tertiary/aromatic N) is 9. The molecule has 7 aliphatic rings. The minimum atomic E-state index is -5.17. The minimum Gasteiger partial charge on any atom is -0.377 e. The van der Waals surface area contributed by atoms with Gasteiger partial charge in [-0.1, -0.05) is 104 Å². The molecule has 0 aromatic rings. The first-order chi connectivity index (χ1) is 49.5. The lowest BCUT2D eigenvalue weighted by Crippen LogP contribution is -2.65. The van der Waals surface area contributed by atoms with Crippen LogP contribution in [-0.2, 0) is 62.3 Å². The van der Waals surface area contributed by atoms with Gasteiger partial charge >= 0.3 is 6.18 Å². The number of fused-ring (bicyclic) bond motifs is 3. The average Bonchev–Trinajstić information content (AvgIpc) is 1.71. The Balaban J connectivity index is 1.32. The molecule has 105 heavy (non-hydrogen) atoms. The summed E-state index contributed by atoms with van der Waals surface area (Å²) in [6, 6.07) is -10.6. The predicted molar refractivity (Wildman–Crippen MR) is 381 cm³/mol. The van der Waals surface area contributed by atoms with E-state index in [1.807, 2.05) is 26.8 Å². The number of carbonyl (C=O) groups excluding carboxylic acids is 12. The van der Waals surface area contributed by atoms with Crippen molar-refractivity contribution in [2.24, 2.45) is 35.5 Å². The fourth-order valence-electron chi connectivity index (χ4n) is 17.2. The van der Waals surface area contributed by atoms with E-state index in [1.54, 1.807) is 19.9 Å². The highest BCUT2D eigenvalue weighted by Crippen LogP contribution is 2.45. The molecule has 2 bridgehead atoms. The summed E-state index contributed by atoms with van der Waals surface area (Å²) in [5, 5.41) is 8.66. The molecule has 3 aliphatic heterocycles. The lowest BCUT2D eigenvalue weighted by atomic mass is 9.76. The van der Waals surface area contributed by atoms with Crippen molar-refractivity contribution in [2.45, 2.75) is 267 Å². The Bertz CT molecular complexity index is 3100. The normalized spacial score (nSPS) is 31.3. The SMILES string of the molecule is CCO[C@@H]1C[C@H]2C(=O)NC3(CCCC3)C(=O)N(C)[C@@H](C3CCCC3)C(=O)N(C)[C@H](C(=O)N(C)C)CC(=O)N(C)[C@@H](CC(C)C)C(=O)N[C@@H]([C@@H](C)CC)C(=O)N(C)CC(=O)N(C)[C@H]3C/C=C\CCN(C3=O)[C@@H](CC3CCCCC3)C(=O)N(C)CC(=O)N[C@@H](CCC3CC(F)C(C(F)(F)F)C(F)C3)C(=O)N2C1. The minimum absolute atomic E-state index is 0.0167. The fourth-order valence-corrected chi connectivity index (χ4v) is 17.2. The molecule has 3 N–H and O–H groups in total. The lowest BCUT2D eigenvalue weighted by Gasteiger charge is -2.42. The Hall–Kier alpha value is -7.01. The number of nitrogens with one attached hydrogen (secondary N) is 3. The zero-order valence-electron chi connectivity index (χ0n) is 64.2. The van der Waals surface area contributed by atoms with Crippen LogP contribution in [0.15, 0.2) is 12.2 Å². The molecule has 2 unspecified atom stereocenters. The van der Waals surface area contributed by atoms with Gasteiger partial charge < -0.3 is 64.8 Å². The van der Waals surface area contributed by atoms with Crippen molar-refractivity contribution < 1.29 is 84.2 Å². The smallest absolute Gasteiger partial charge is 0.377 e. The molecule has 12 amide bonds. The Morgan fingerprint density at radius 3 is 1.86 bits per heavy atom. The number of carbonyl (C=O) groups is 12. The van der Waals surface area contributed by atoms with Crippen LogP contribution in [0.1, 0.15) is 189 Å². The largest absolute Gasteiger partial charge is 0.397 e. The molecule has 7 rings (SSSR count). The summed E-state index contributed by atoms with van der Waals surface area (Å²) >= 11 is 0. The standard InChI is InChI=1S/C75H119F5N12O13/c1-14-46(5)63-71(102)86(9)44-61(95)87(10)54-30-20-17-25-35-91(70(54)101)58(39-47-26-18-16-19-27-47)69(100)85(8)43-59(93)81-53(32-31-48-37-51(76)62(52(77)38-48)75(78,79)80)67(98)92-42-50(105-15-2)40-56(92)66(97)83-74(33-23-24-34-74)73(104)90(13)64(49-28-21-22-29-49)72(103)89(12)57(68(99)84(6)7)41-60(94)88(11)55(36-45(3)4)65(96)82-63/h17,20,45-58,62-64H,14-16,18-19,21-44H2,1-13H3,(H,81,93)(H,82,96)(H,83,97)/b20-17-/t46-,48?,50+,51?,52?,53-,54-,55-,56-,57-,58-,62?,63-,64-/m0/s1. The maximum absolute atomic E-state index is 15.7. The summed E-state index contributed by atoms with van der Waals surface area (Å²) in [6.45, 7) is 7.62. The number of rotatable bonds is 13. The number of alkyl halides is 5. The van der Waals surface area contributed by atoms with E-state index in [1.165, 1.54) is 85.8 Å². The Labute approximate surface area is 616 Å². The van der Waals surface area contributed by atoms with Gasteiger partial charge in [-0.25, -0.2) is 8.78 Å². The van der Waals surface area contributed by atoms with E-state index in [9.17, 15) is 41.9 Å². The molecule has 1 spiro atoms. The maximum Gasteiger partial charge on any atom is 0.397 e. The summed E-state index contributed by atoms with van der Waals surface area (Å²) in [4.78, 5) is 193. The lowest BCUT2D eigenvalue weighted by molar-refractivity contribution is -0.219. The molecular weight excluding hydrogens is 1370 g/mol. The summed E-state index contributed by atoms with van der Waals surface area (Å²) in [5.74, 6) is -13.6. The average molecular weight is 1490 g/mol. The van der Waals surface area contributed by atoms with Crippen molar-refractivity contribution in [1.29, 1.82) is 0 Å². The molecule has 0 aromatic carbocycles. The van der Waals surface area contributed by atoms with Gasteiger partial charge in [0, 0.05) is 82.5 Å². The van der Waals surface area contributed by atoms with E-state index >= 15 is 37.5 Å². The van der Waals surface area contributed by atoms with E-state index in [-0.39, 0.29) is 82.9 Å². The molecule has 30 heteroatoms. The van der Waals surface area contributed by atoms with Crippen molar-refractivity contribution in [2.75, 3.05) is 89.2 Å². The zero-order chi connectivity index (χ0) is 77.7. The summed E-state index contributed by atoms with van der Waals surface area (Å²) in [5.41, 5.74) is -1.67. The highest BCUT2D eigenvalue weighted by atomic mass is 19.4. The van der Waals surface area contributed by atoms with Gasteiger partial charge in [-0.05, 0) is 114 Å². The summed E-state index contributed by atoms with van der Waals surface area (Å²) < 4.78 is 78.9. The second-order valence-electron chi connectivity index (χ2n) is 31.8. The Morgan fingerprint density at radius 2 is 1.27 bits per heavy atom. The second-order valence-corrected chi connectivity index (χ2v) is 31.8. The van der Waals surface area contributed by atoms with E-state index in [4.69, 9.17) is 4.74 Å². The molecule has 4 saturated carbocycles. The predicted octanol–water partition coefficient (Wildman–Crippen LogP) is 5.95. The molecule has 0 radical (unpaired) electrons. The van der Waals surface area contributed by atoms with Crippen LogP contribution in [0, 0.1) is 35.5 Å². The van der Waals surface area contributed by atoms with Gasteiger partial charge in [0.2, 0.25) is 70.9 Å². The molecule has 25 nitrogen and oxygen atoms in total. The van der Waals surface area contributed by atoms with Crippen molar-refractivity contribution in [3.05, 3.63) is 12.2 Å². The quantitative estimate of drug-likeness (QED) is 0.142. The third-order valence-electron chi connectivity index (χ3n) is 23.6. The molecule has 6 fully saturated rings. The molecule has 3 heterocycles. The van der Waals surface area contributed by atoms with Crippen LogP contribution in [0.25, 0.3) is 0 Å². The van der Waals surface area contributed by atoms with Crippen molar-refractivity contribution in [1.82, 2.24) is 60.0 Å². The number of ether oxygens (including phenoxy) is 1. The van der Waals surface area contributed by atoms with Crippen molar-refractivity contribution in [3.63, 3.8) is 0 Å². The molecule has 0 aromatic heterocycles. The summed E-state index contributed by atoms with van der Waals surface area (Å²) in [6.07, 6.45) is -1.69. The van der Waals surface area contributed by atoms with Crippen LogP contribution in [0.4, 0.5) is 22.0 Å². The molecule has 2 saturated heterocycles. The number of hydrogen-bond donors (Lipinski definition) is 3. The Kier molecular flexibility index (Phi) is 30.6. The second kappa shape index (κ2) is 37.7. The highest BCUT2D eigenvalue weighted by molar-refractivity contribution is 6.01. The van der Waals surface area contributed by atoms with Gasteiger partial charge in [0.25, 0.3) is 0 Å². The highest BCUT2D eigenvalue weighted by Gasteiger charge is 2.55. The van der Waals surface area contributed by atoms with Gasteiger partial charge in [0.15, 0.2) is 0 Å². The summed E-state index contributed by atoms with van der Waals surface area (Å²) in [7, 11) is 11.3. The van der Waals surface area contributed by atoms with Crippen molar-refractivity contribution >= 4 is 70.9 Å². The van der Waals surface area contributed by atoms with Crippen LogP contribution in [-0.4, -0.2) is 283 Å². The van der Waals surface area contributed by atoms with E-state index in [0.717, 1.165) is 46.8 Å². The molecule has 12 atom stereocenters. The first-order valence-corrected chi connectivity index (χ1v) is 38.4.